The van der Waals surface area contributed by atoms with Crippen LogP contribution in [0, 0.1) is 0 Å². The summed E-state index contributed by atoms with van der Waals surface area (Å²) in [4.78, 5) is 25.4. The van der Waals surface area contributed by atoms with E-state index >= 15 is 0 Å². The first-order valence-electron chi connectivity index (χ1n) is 7.52. The molecule has 0 aliphatic heterocycles. The maximum Gasteiger partial charge on any atom is 0.198 e. The Morgan fingerprint density at radius 1 is 0.739 bits per heavy atom. The summed E-state index contributed by atoms with van der Waals surface area (Å²) in [5.74, 6) is -1.58. The molecule has 0 heterocycles. The molecule has 0 spiro atoms. The fourth-order valence-electron chi connectivity index (χ4n) is 3.60. The Morgan fingerprint density at radius 3 is 1.83 bits per heavy atom. The van der Waals surface area contributed by atoms with Gasteiger partial charge < -0.3 is 15.3 Å². The van der Waals surface area contributed by atoms with Crippen LogP contribution in [0.25, 0.3) is 0 Å². The minimum Gasteiger partial charge on any atom is -0.508 e. The Hall–Kier alpha value is -2.82. The third kappa shape index (κ3) is 1.73. The topological polar surface area (TPSA) is 94.8 Å². The van der Waals surface area contributed by atoms with Gasteiger partial charge >= 0.3 is 0 Å². The molecule has 0 radical (unpaired) electrons. The highest BCUT2D eigenvalue weighted by molar-refractivity contribution is 6.30. The lowest BCUT2D eigenvalue weighted by Crippen LogP contribution is -2.23. The first kappa shape index (κ1) is 13.8. The van der Waals surface area contributed by atoms with Crippen LogP contribution in [0.3, 0.4) is 0 Å². The van der Waals surface area contributed by atoms with Gasteiger partial charge in [-0.25, -0.2) is 0 Å². The predicted molar refractivity (Wildman–Crippen MR) is 81.4 cm³/mol. The Kier molecular flexibility index (Phi) is 2.75. The van der Waals surface area contributed by atoms with Crippen LogP contribution in [0.4, 0.5) is 0 Å². The van der Waals surface area contributed by atoms with Crippen molar-refractivity contribution in [2.24, 2.45) is 0 Å². The lowest BCUT2D eigenvalue weighted by Gasteiger charge is -2.26. The molecule has 2 aromatic rings. The molecule has 4 rings (SSSR count). The molecule has 2 aromatic carbocycles. The highest BCUT2D eigenvalue weighted by Gasteiger charge is 2.38. The molecule has 0 bridgehead atoms. The minimum absolute atomic E-state index is 0.0490. The summed E-state index contributed by atoms with van der Waals surface area (Å²) < 4.78 is 0. The van der Waals surface area contributed by atoms with Gasteiger partial charge in [0.15, 0.2) is 11.6 Å². The Balaban J connectivity index is 2.07. The maximum absolute atomic E-state index is 12.7. The van der Waals surface area contributed by atoms with Gasteiger partial charge in [-0.05, 0) is 43.9 Å². The summed E-state index contributed by atoms with van der Waals surface area (Å²) in [5.41, 5.74) is 1.03. The summed E-state index contributed by atoms with van der Waals surface area (Å²) in [7, 11) is 0. The number of hydrogen-bond acceptors (Lipinski definition) is 5. The van der Waals surface area contributed by atoms with Gasteiger partial charge in [-0.3, -0.25) is 9.59 Å². The molecule has 0 saturated carbocycles. The number of carbonyl (C=O) groups is 2. The van der Waals surface area contributed by atoms with E-state index in [-0.39, 0.29) is 39.5 Å². The van der Waals surface area contributed by atoms with Gasteiger partial charge in [-0.15, -0.1) is 0 Å². The lowest BCUT2D eigenvalue weighted by molar-refractivity contribution is 0.0973. The molecule has 0 amide bonds. The largest absolute Gasteiger partial charge is 0.508 e. The predicted octanol–water partition coefficient (Wildman–Crippen LogP) is 2.46. The van der Waals surface area contributed by atoms with Crippen LogP contribution in [0.15, 0.2) is 18.2 Å². The number of hydrogen-bond donors (Lipinski definition) is 3. The van der Waals surface area contributed by atoms with E-state index in [1.54, 1.807) is 0 Å². The first-order valence-corrected chi connectivity index (χ1v) is 7.52. The van der Waals surface area contributed by atoms with Gasteiger partial charge in [0.1, 0.15) is 17.2 Å². The fourth-order valence-corrected chi connectivity index (χ4v) is 3.60. The molecule has 2 aliphatic carbocycles. The number of benzene rings is 2. The van der Waals surface area contributed by atoms with E-state index in [9.17, 15) is 24.9 Å². The average molecular weight is 310 g/mol. The van der Waals surface area contributed by atoms with E-state index in [4.69, 9.17) is 0 Å². The zero-order valence-corrected chi connectivity index (χ0v) is 12.2. The molecule has 2 aliphatic rings. The quantitative estimate of drug-likeness (QED) is 0.554. The first-order chi connectivity index (χ1) is 11.0. The number of phenolic OH excluding ortho intramolecular Hbond substituents is 3. The summed E-state index contributed by atoms with van der Waals surface area (Å²) in [6, 6.07) is 3.91. The van der Waals surface area contributed by atoms with Crippen molar-refractivity contribution in [3.8, 4) is 17.2 Å². The van der Waals surface area contributed by atoms with Crippen molar-refractivity contribution in [1.82, 2.24) is 0 Å². The van der Waals surface area contributed by atoms with Crippen LogP contribution in [0.2, 0.25) is 0 Å². The van der Waals surface area contributed by atoms with Gasteiger partial charge in [0, 0.05) is 22.3 Å². The van der Waals surface area contributed by atoms with Crippen molar-refractivity contribution >= 4 is 11.6 Å². The summed E-state index contributed by atoms with van der Waals surface area (Å²) >= 11 is 0. The minimum atomic E-state index is -0.549. The Labute approximate surface area is 131 Å². The van der Waals surface area contributed by atoms with E-state index < -0.39 is 11.6 Å². The molecule has 0 fully saturated rings. The van der Waals surface area contributed by atoms with E-state index in [2.05, 4.69) is 0 Å². The van der Waals surface area contributed by atoms with Crippen LogP contribution in [-0.2, 0) is 12.8 Å². The van der Waals surface area contributed by atoms with Gasteiger partial charge in [0.25, 0.3) is 0 Å². The Morgan fingerprint density at radius 2 is 1.26 bits per heavy atom. The molecular weight excluding hydrogens is 296 g/mol. The number of phenols is 3. The molecule has 5 nitrogen and oxygen atoms in total. The van der Waals surface area contributed by atoms with Crippen molar-refractivity contribution in [1.29, 1.82) is 0 Å². The van der Waals surface area contributed by atoms with Gasteiger partial charge in [0.2, 0.25) is 0 Å². The average Bonchev–Trinajstić information content (AvgIpc) is 2.56. The molecule has 3 N–H and O–H groups in total. The maximum atomic E-state index is 12.7. The highest BCUT2D eigenvalue weighted by Crippen LogP contribution is 2.45. The van der Waals surface area contributed by atoms with Crippen molar-refractivity contribution in [3.63, 3.8) is 0 Å². The van der Waals surface area contributed by atoms with E-state index in [0.717, 1.165) is 12.8 Å². The normalized spacial score (nSPS) is 15.8. The van der Waals surface area contributed by atoms with Crippen molar-refractivity contribution < 1.29 is 24.9 Å². The molecular formula is C18H14O5. The summed E-state index contributed by atoms with van der Waals surface area (Å²) in [6.45, 7) is 0. The van der Waals surface area contributed by atoms with E-state index in [1.165, 1.54) is 18.2 Å². The third-order valence-corrected chi connectivity index (χ3v) is 4.71. The second kappa shape index (κ2) is 4.59. The monoisotopic (exact) mass is 310 g/mol. The van der Waals surface area contributed by atoms with Crippen LogP contribution < -0.4 is 0 Å². The number of fused-ring (bicyclic) bond motifs is 3. The van der Waals surface area contributed by atoms with Crippen molar-refractivity contribution in [3.05, 3.63) is 51.6 Å². The van der Waals surface area contributed by atoms with Gasteiger partial charge in [-0.1, -0.05) is 0 Å². The van der Waals surface area contributed by atoms with E-state index in [0.29, 0.717) is 24.0 Å². The zero-order valence-electron chi connectivity index (χ0n) is 12.2. The SMILES string of the molecule is O=C1c2ccc(O)cc2C(=O)c2c(O)c3c(c(O)c21)CCCC3. The molecule has 0 atom stereocenters. The summed E-state index contributed by atoms with van der Waals surface area (Å²) in [5, 5.41) is 30.7. The molecule has 116 valence electrons. The zero-order chi connectivity index (χ0) is 16.3. The smallest absolute Gasteiger partial charge is 0.198 e. The molecule has 0 saturated heterocycles. The number of rotatable bonds is 0. The number of aromatic hydroxyl groups is 3. The van der Waals surface area contributed by atoms with Crippen LogP contribution in [0.5, 0.6) is 17.2 Å². The standard InChI is InChI=1S/C18H14O5/c19-8-5-6-11-12(7-8)18(23)14-13(17(11)22)15(20)9-3-1-2-4-10(9)16(14)21/h5-7,19-21H,1-4H2. The molecule has 0 aromatic heterocycles. The van der Waals surface area contributed by atoms with Crippen LogP contribution in [0.1, 0.15) is 55.8 Å². The highest BCUT2D eigenvalue weighted by atomic mass is 16.3. The molecule has 5 heteroatoms. The van der Waals surface area contributed by atoms with E-state index in [1.807, 2.05) is 0 Å². The molecule has 0 unspecified atom stereocenters. The Bertz CT molecular complexity index is 895. The van der Waals surface area contributed by atoms with Crippen LogP contribution >= 0.6 is 0 Å². The number of ketones is 2. The van der Waals surface area contributed by atoms with Crippen molar-refractivity contribution in [2.45, 2.75) is 25.7 Å². The second-order valence-corrected chi connectivity index (χ2v) is 6.00. The number of carbonyl (C=O) groups excluding carboxylic acids is 2. The third-order valence-electron chi connectivity index (χ3n) is 4.71. The van der Waals surface area contributed by atoms with Crippen LogP contribution in [-0.4, -0.2) is 26.9 Å². The second-order valence-electron chi connectivity index (χ2n) is 6.00. The summed E-state index contributed by atoms with van der Waals surface area (Å²) in [6.07, 6.45) is 2.87. The lowest BCUT2D eigenvalue weighted by atomic mass is 9.78. The molecule has 23 heavy (non-hydrogen) atoms. The fraction of sp³-hybridized carbons (Fsp3) is 0.222. The van der Waals surface area contributed by atoms with Crippen molar-refractivity contribution in [2.75, 3.05) is 0 Å². The van der Waals surface area contributed by atoms with Gasteiger partial charge in [0.05, 0.1) is 11.1 Å². The van der Waals surface area contributed by atoms with Gasteiger partial charge in [-0.2, -0.15) is 0 Å².